The second-order valence-electron chi connectivity index (χ2n) is 5.66. The summed E-state index contributed by atoms with van der Waals surface area (Å²) in [7, 11) is 3.64. The van der Waals surface area contributed by atoms with Crippen molar-refractivity contribution in [2.75, 3.05) is 7.05 Å². The molecule has 0 saturated carbocycles. The predicted molar refractivity (Wildman–Crippen MR) is 96.7 cm³/mol. The molecule has 0 aliphatic carbocycles. The molecule has 1 atom stereocenters. The maximum absolute atomic E-state index is 4.30. The number of rotatable bonds is 4. The van der Waals surface area contributed by atoms with Gasteiger partial charge in [-0.15, -0.1) is 0 Å². The van der Waals surface area contributed by atoms with Crippen molar-refractivity contribution in [3.8, 4) is 0 Å². The lowest BCUT2D eigenvalue weighted by Gasteiger charge is -2.19. The summed E-state index contributed by atoms with van der Waals surface area (Å²) in [6.45, 7) is 2.70. The zero-order chi connectivity index (χ0) is 16.9. The number of nitrogens with one attached hydrogen (secondary N) is 2. The Morgan fingerprint density at radius 1 is 1.21 bits per heavy atom. The Labute approximate surface area is 141 Å². The van der Waals surface area contributed by atoms with Gasteiger partial charge < -0.3 is 10.6 Å². The van der Waals surface area contributed by atoms with E-state index < -0.39 is 0 Å². The molecule has 6 heteroatoms. The third-order valence-corrected chi connectivity index (χ3v) is 4.09. The van der Waals surface area contributed by atoms with Crippen LogP contribution in [0.3, 0.4) is 0 Å². The van der Waals surface area contributed by atoms with Gasteiger partial charge in [0.15, 0.2) is 5.96 Å². The first-order valence-corrected chi connectivity index (χ1v) is 7.96. The average molecular weight is 322 g/mol. The minimum Gasteiger partial charge on any atom is -0.350 e. The molecule has 0 aliphatic heterocycles. The molecule has 0 amide bonds. The second-order valence-corrected chi connectivity index (χ2v) is 5.66. The number of hydrogen-bond donors (Lipinski definition) is 2. The molecular weight excluding hydrogens is 300 g/mol. The molecule has 0 aliphatic rings. The van der Waals surface area contributed by atoms with Gasteiger partial charge in [0, 0.05) is 14.1 Å². The van der Waals surface area contributed by atoms with Crippen LogP contribution in [0.2, 0.25) is 0 Å². The zero-order valence-corrected chi connectivity index (χ0v) is 14.2. The van der Waals surface area contributed by atoms with Crippen LogP contribution in [0.4, 0.5) is 0 Å². The van der Waals surface area contributed by atoms with E-state index in [1.165, 1.54) is 16.3 Å². The van der Waals surface area contributed by atoms with E-state index in [1.807, 2.05) is 7.05 Å². The molecule has 0 unspecified atom stereocenters. The molecule has 3 rings (SSSR count). The molecule has 1 aromatic heterocycles. The largest absolute Gasteiger partial charge is 0.350 e. The molecule has 24 heavy (non-hydrogen) atoms. The number of aromatic nitrogens is 3. The van der Waals surface area contributed by atoms with Crippen LogP contribution in [0.5, 0.6) is 0 Å². The van der Waals surface area contributed by atoms with Gasteiger partial charge in [-0.3, -0.25) is 9.67 Å². The molecule has 0 spiro atoms. The van der Waals surface area contributed by atoms with E-state index in [2.05, 4.69) is 75.1 Å². The number of aryl methyl sites for hydroxylation is 1. The highest BCUT2D eigenvalue weighted by Gasteiger charge is 2.11. The molecule has 0 saturated heterocycles. The predicted octanol–water partition coefficient (Wildman–Crippen LogP) is 2.39. The topological polar surface area (TPSA) is 67.1 Å². The first-order valence-electron chi connectivity index (χ1n) is 7.96. The molecule has 2 aromatic carbocycles. The molecule has 2 N–H and O–H groups in total. The van der Waals surface area contributed by atoms with E-state index >= 15 is 0 Å². The number of hydrogen-bond acceptors (Lipinski definition) is 3. The van der Waals surface area contributed by atoms with Crippen LogP contribution in [0.15, 0.2) is 53.8 Å². The Kier molecular flexibility index (Phi) is 4.74. The fourth-order valence-corrected chi connectivity index (χ4v) is 2.75. The first kappa shape index (κ1) is 16.0. The van der Waals surface area contributed by atoms with E-state index in [0.29, 0.717) is 6.54 Å². The van der Waals surface area contributed by atoms with E-state index in [9.17, 15) is 0 Å². The highest BCUT2D eigenvalue weighted by atomic mass is 15.3. The van der Waals surface area contributed by atoms with Crippen LogP contribution in [0.25, 0.3) is 10.8 Å². The number of nitrogens with zero attached hydrogens (tertiary/aromatic N) is 4. The molecular formula is C18H22N6. The van der Waals surface area contributed by atoms with Crippen molar-refractivity contribution in [3.05, 3.63) is 60.2 Å². The van der Waals surface area contributed by atoms with Crippen LogP contribution in [-0.4, -0.2) is 27.8 Å². The van der Waals surface area contributed by atoms with Crippen LogP contribution in [0.1, 0.15) is 24.4 Å². The monoisotopic (exact) mass is 322 g/mol. The van der Waals surface area contributed by atoms with Crippen molar-refractivity contribution in [2.45, 2.75) is 19.5 Å². The van der Waals surface area contributed by atoms with Crippen LogP contribution in [-0.2, 0) is 13.6 Å². The van der Waals surface area contributed by atoms with Crippen LogP contribution < -0.4 is 10.6 Å². The summed E-state index contributed by atoms with van der Waals surface area (Å²) in [6, 6.07) is 14.9. The number of fused-ring (bicyclic) bond motifs is 1. The molecule has 124 valence electrons. The summed E-state index contributed by atoms with van der Waals surface area (Å²) >= 11 is 0. The van der Waals surface area contributed by atoms with Gasteiger partial charge >= 0.3 is 0 Å². The average Bonchev–Trinajstić information content (AvgIpc) is 3.02. The van der Waals surface area contributed by atoms with Crippen molar-refractivity contribution in [1.29, 1.82) is 0 Å². The van der Waals surface area contributed by atoms with Gasteiger partial charge in [0.05, 0.1) is 12.6 Å². The van der Waals surface area contributed by atoms with Gasteiger partial charge in [-0.05, 0) is 23.3 Å². The highest BCUT2D eigenvalue weighted by molar-refractivity contribution is 5.87. The Balaban J connectivity index is 1.72. The lowest BCUT2D eigenvalue weighted by molar-refractivity contribution is 0.653. The SMILES string of the molecule is CN=C(NCc1ncnn1C)N[C@@H](C)c1cccc2ccccc12. The van der Waals surface area contributed by atoms with E-state index in [4.69, 9.17) is 0 Å². The van der Waals surface area contributed by atoms with E-state index in [1.54, 1.807) is 18.1 Å². The third kappa shape index (κ3) is 3.37. The molecule has 3 aromatic rings. The van der Waals surface area contributed by atoms with Gasteiger partial charge in [0.2, 0.25) is 0 Å². The summed E-state index contributed by atoms with van der Waals surface area (Å²) in [5.74, 6) is 1.59. The molecule has 1 heterocycles. The van der Waals surface area contributed by atoms with Gasteiger partial charge in [-0.1, -0.05) is 42.5 Å². The second kappa shape index (κ2) is 7.12. The van der Waals surface area contributed by atoms with Crippen LogP contribution >= 0.6 is 0 Å². The van der Waals surface area contributed by atoms with Crippen molar-refractivity contribution in [3.63, 3.8) is 0 Å². The van der Waals surface area contributed by atoms with Gasteiger partial charge in [0.25, 0.3) is 0 Å². The summed E-state index contributed by atoms with van der Waals surface area (Å²) < 4.78 is 1.74. The smallest absolute Gasteiger partial charge is 0.191 e. The lowest BCUT2D eigenvalue weighted by Crippen LogP contribution is -2.38. The van der Waals surface area contributed by atoms with Crippen molar-refractivity contribution in [1.82, 2.24) is 25.4 Å². The standard InChI is InChI=1S/C18H22N6/c1-13(15-10-6-8-14-7-4-5-9-16(14)15)23-18(19-2)20-11-17-21-12-22-24(17)3/h4-10,12-13H,11H2,1-3H3,(H2,19,20,23)/t13-/m0/s1. The normalized spacial score (nSPS) is 13.0. The van der Waals surface area contributed by atoms with Gasteiger partial charge in [-0.2, -0.15) is 5.10 Å². The van der Waals surface area contributed by atoms with Crippen molar-refractivity contribution in [2.24, 2.45) is 12.0 Å². The Bertz CT molecular complexity index is 846. The van der Waals surface area contributed by atoms with Crippen molar-refractivity contribution >= 4 is 16.7 Å². The Hall–Kier alpha value is -2.89. The number of aliphatic imine (C=N–C) groups is 1. The first-order chi connectivity index (χ1) is 11.7. The molecule has 0 bridgehead atoms. The quantitative estimate of drug-likeness (QED) is 0.572. The minimum absolute atomic E-state index is 0.127. The summed E-state index contributed by atoms with van der Waals surface area (Å²) in [5.41, 5.74) is 1.25. The molecule has 0 fully saturated rings. The van der Waals surface area contributed by atoms with Crippen molar-refractivity contribution < 1.29 is 0 Å². The summed E-state index contributed by atoms with van der Waals surface area (Å²) in [6.07, 6.45) is 1.55. The summed E-state index contributed by atoms with van der Waals surface area (Å²) in [4.78, 5) is 8.51. The maximum Gasteiger partial charge on any atom is 0.191 e. The number of benzene rings is 2. The fraction of sp³-hybridized carbons (Fsp3) is 0.278. The third-order valence-electron chi connectivity index (χ3n) is 4.09. The highest BCUT2D eigenvalue weighted by Crippen LogP contribution is 2.23. The van der Waals surface area contributed by atoms with E-state index in [0.717, 1.165) is 11.8 Å². The van der Waals surface area contributed by atoms with Gasteiger partial charge in [-0.25, -0.2) is 4.98 Å². The van der Waals surface area contributed by atoms with Gasteiger partial charge in [0.1, 0.15) is 12.2 Å². The van der Waals surface area contributed by atoms with Crippen LogP contribution in [0, 0.1) is 0 Å². The Morgan fingerprint density at radius 2 is 2.00 bits per heavy atom. The lowest BCUT2D eigenvalue weighted by atomic mass is 10.00. The fourth-order valence-electron chi connectivity index (χ4n) is 2.75. The number of guanidine groups is 1. The minimum atomic E-state index is 0.127. The summed E-state index contributed by atoms with van der Waals surface area (Å²) in [5, 5.41) is 13.3. The molecule has 0 radical (unpaired) electrons. The Morgan fingerprint density at radius 3 is 2.75 bits per heavy atom. The maximum atomic E-state index is 4.30. The van der Waals surface area contributed by atoms with E-state index in [-0.39, 0.29) is 6.04 Å². The zero-order valence-electron chi connectivity index (χ0n) is 14.2. The molecule has 6 nitrogen and oxygen atoms in total.